The molecule has 0 aliphatic rings. The van der Waals surface area contributed by atoms with E-state index in [2.05, 4.69) is 10.1 Å². The molecule has 0 unspecified atom stereocenters. The maximum atomic E-state index is 8.92. The number of nitrogens with two attached hydrogens (primary N) is 1. The van der Waals surface area contributed by atoms with E-state index in [1.807, 2.05) is 35.8 Å². The number of oxime groups is 1. The summed E-state index contributed by atoms with van der Waals surface area (Å²) in [7, 11) is 5.45. The van der Waals surface area contributed by atoms with Crippen molar-refractivity contribution in [3.05, 3.63) is 42.0 Å². The molecule has 0 saturated carbocycles. The summed E-state index contributed by atoms with van der Waals surface area (Å²) in [6.07, 6.45) is 3.64. The molecule has 1 aromatic carbocycles. The Balaban J connectivity index is 2.38. The summed E-state index contributed by atoms with van der Waals surface area (Å²) >= 11 is 0. The monoisotopic (exact) mass is 289 g/mol. The van der Waals surface area contributed by atoms with Crippen LogP contribution in [-0.2, 0) is 13.6 Å². The van der Waals surface area contributed by atoms with Crippen LogP contribution >= 0.6 is 0 Å². The third kappa shape index (κ3) is 3.07. The largest absolute Gasteiger partial charge is 0.497 e. The van der Waals surface area contributed by atoms with Crippen molar-refractivity contribution in [2.45, 2.75) is 6.54 Å². The molecule has 0 atom stereocenters. The van der Waals surface area contributed by atoms with Crippen molar-refractivity contribution in [2.24, 2.45) is 17.9 Å². The van der Waals surface area contributed by atoms with E-state index >= 15 is 0 Å². The van der Waals surface area contributed by atoms with Crippen molar-refractivity contribution < 1.29 is 9.94 Å². The average molecular weight is 289 g/mol. The van der Waals surface area contributed by atoms with Gasteiger partial charge in [0.25, 0.3) is 0 Å². The quantitative estimate of drug-likeness (QED) is 0.373. The zero-order chi connectivity index (χ0) is 15.4. The standard InChI is InChI=1S/C14H19N5O2/c1-18-7-6-16-13(18)9-19(2)12-8-10(21-3)4-5-11(12)14(15)17-20/h4-8,20H,9H2,1-3H3,(H2,15,17). The number of benzene rings is 1. The second-order valence-electron chi connectivity index (χ2n) is 4.68. The maximum absolute atomic E-state index is 8.92. The fourth-order valence-electron chi connectivity index (χ4n) is 2.07. The molecule has 0 amide bonds. The number of hydrogen-bond donors (Lipinski definition) is 2. The number of anilines is 1. The normalized spacial score (nSPS) is 11.5. The molecule has 1 heterocycles. The number of hydrogen-bond acceptors (Lipinski definition) is 5. The molecular weight excluding hydrogens is 270 g/mol. The minimum atomic E-state index is 0.0549. The molecule has 3 N–H and O–H groups in total. The van der Waals surface area contributed by atoms with E-state index in [0.717, 1.165) is 11.5 Å². The van der Waals surface area contributed by atoms with Crippen molar-refractivity contribution in [1.82, 2.24) is 9.55 Å². The lowest BCUT2D eigenvalue weighted by molar-refractivity contribution is 0.318. The summed E-state index contributed by atoms with van der Waals surface area (Å²) in [5.74, 6) is 1.66. The van der Waals surface area contributed by atoms with E-state index in [1.165, 1.54) is 0 Å². The van der Waals surface area contributed by atoms with Crippen LogP contribution in [-0.4, -0.2) is 34.8 Å². The van der Waals surface area contributed by atoms with Gasteiger partial charge in [0.15, 0.2) is 5.84 Å². The highest BCUT2D eigenvalue weighted by molar-refractivity contribution is 6.02. The molecule has 112 valence electrons. The molecule has 0 bridgehead atoms. The zero-order valence-corrected chi connectivity index (χ0v) is 12.3. The third-order valence-corrected chi connectivity index (χ3v) is 3.30. The molecule has 0 aliphatic carbocycles. The topological polar surface area (TPSA) is 88.9 Å². The lowest BCUT2D eigenvalue weighted by Crippen LogP contribution is -2.24. The average Bonchev–Trinajstić information content (AvgIpc) is 2.90. The molecular formula is C14H19N5O2. The number of ether oxygens (including phenoxy) is 1. The summed E-state index contributed by atoms with van der Waals surface area (Å²) in [6, 6.07) is 5.37. The molecule has 2 rings (SSSR count). The van der Waals surface area contributed by atoms with Gasteiger partial charge in [0, 0.05) is 38.1 Å². The van der Waals surface area contributed by atoms with Gasteiger partial charge in [-0.3, -0.25) is 0 Å². The van der Waals surface area contributed by atoms with E-state index in [0.29, 0.717) is 17.9 Å². The highest BCUT2D eigenvalue weighted by Gasteiger charge is 2.14. The van der Waals surface area contributed by atoms with E-state index in [4.69, 9.17) is 15.7 Å². The predicted molar refractivity (Wildman–Crippen MR) is 80.8 cm³/mol. The number of nitrogens with zero attached hydrogens (tertiary/aromatic N) is 4. The summed E-state index contributed by atoms with van der Waals surface area (Å²) in [4.78, 5) is 6.27. The second kappa shape index (κ2) is 6.17. The van der Waals surface area contributed by atoms with Crippen LogP contribution in [0.2, 0.25) is 0 Å². The Bertz CT molecular complexity index is 651. The Labute approximate surface area is 123 Å². The summed E-state index contributed by atoms with van der Waals surface area (Å²) < 4.78 is 7.19. The van der Waals surface area contributed by atoms with E-state index in [1.54, 1.807) is 25.4 Å². The van der Waals surface area contributed by atoms with Crippen LogP contribution in [0, 0.1) is 0 Å². The smallest absolute Gasteiger partial charge is 0.172 e. The van der Waals surface area contributed by atoms with Gasteiger partial charge < -0.3 is 25.1 Å². The van der Waals surface area contributed by atoms with Crippen LogP contribution in [0.1, 0.15) is 11.4 Å². The minimum Gasteiger partial charge on any atom is -0.497 e. The first-order valence-corrected chi connectivity index (χ1v) is 6.40. The Morgan fingerprint density at radius 3 is 2.86 bits per heavy atom. The van der Waals surface area contributed by atoms with Crippen molar-refractivity contribution in [3.8, 4) is 5.75 Å². The SMILES string of the molecule is COc1ccc(/C(N)=N/O)c(N(C)Cc2nccn2C)c1. The first-order valence-electron chi connectivity index (χ1n) is 6.40. The fourth-order valence-corrected chi connectivity index (χ4v) is 2.07. The molecule has 0 spiro atoms. The van der Waals surface area contributed by atoms with Crippen molar-refractivity contribution in [2.75, 3.05) is 19.1 Å². The molecule has 2 aromatic rings. The van der Waals surface area contributed by atoms with Crippen LogP contribution < -0.4 is 15.4 Å². The molecule has 21 heavy (non-hydrogen) atoms. The van der Waals surface area contributed by atoms with Gasteiger partial charge in [-0.05, 0) is 12.1 Å². The van der Waals surface area contributed by atoms with Crippen molar-refractivity contribution >= 4 is 11.5 Å². The summed E-state index contributed by atoms with van der Waals surface area (Å²) in [6.45, 7) is 0.586. The highest BCUT2D eigenvalue weighted by Crippen LogP contribution is 2.26. The molecule has 7 nitrogen and oxygen atoms in total. The number of rotatable bonds is 5. The van der Waals surface area contributed by atoms with Crippen LogP contribution in [0.5, 0.6) is 5.75 Å². The first-order chi connectivity index (χ1) is 10.1. The summed E-state index contributed by atoms with van der Waals surface area (Å²) in [5.41, 5.74) is 7.17. The zero-order valence-electron chi connectivity index (χ0n) is 12.3. The van der Waals surface area contributed by atoms with E-state index < -0.39 is 0 Å². The van der Waals surface area contributed by atoms with Gasteiger partial charge in [-0.2, -0.15) is 0 Å². The number of imidazole rings is 1. The van der Waals surface area contributed by atoms with Crippen LogP contribution in [0.25, 0.3) is 0 Å². The number of aromatic nitrogens is 2. The lowest BCUT2D eigenvalue weighted by Gasteiger charge is -2.22. The van der Waals surface area contributed by atoms with Gasteiger partial charge in [0.05, 0.1) is 19.3 Å². The highest BCUT2D eigenvalue weighted by atomic mass is 16.5. The number of methoxy groups -OCH3 is 1. The fraction of sp³-hybridized carbons (Fsp3) is 0.286. The van der Waals surface area contributed by atoms with Crippen molar-refractivity contribution in [3.63, 3.8) is 0 Å². The van der Waals surface area contributed by atoms with E-state index in [-0.39, 0.29) is 5.84 Å². The lowest BCUT2D eigenvalue weighted by atomic mass is 10.1. The van der Waals surface area contributed by atoms with Crippen LogP contribution in [0.3, 0.4) is 0 Å². The number of amidine groups is 1. The van der Waals surface area contributed by atoms with Gasteiger partial charge in [0.2, 0.25) is 0 Å². The van der Waals surface area contributed by atoms with Crippen LogP contribution in [0.4, 0.5) is 5.69 Å². The maximum Gasteiger partial charge on any atom is 0.172 e. The summed E-state index contributed by atoms with van der Waals surface area (Å²) in [5, 5.41) is 12.0. The predicted octanol–water partition coefficient (Wildman–Crippen LogP) is 1.16. The molecule has 0 fully saturated rings. The van der Waals surface area contributed by atoms with Crippen molar-refractivity contribution in [1.29, 1.82) is 0 Å². The van der Waals surface area contributed by atoms with Gasteiger partial charge in [-0.15, -0.1) is 0 Å². The number of aryl methyl sites for hydroxylation is 1. The van der Waals surface area contributed by atoms with Gasteiger partial charge in [-0.1, -0.05) is 5.16 Å². The Kier molecular flexibility index (Phi) is 4.32. The molecule has 1 aromatic heterocycles. The molecule has 0 saturated heterocycles. The molecule has 0 radical (unpaired) electrons. The minimum absolute atomic E-state index is 0.0549. The second-order valence-corrected chi connectivity index (χ2v) is 4.68. The van der Waals surface area contributed by atoms with Gasteiger partial charge >= 0.3 is 0 Å². The first kappa shape index (κ1) is 14.7. The van der Waals surface area contributed by atoms with E-state index in [9.17, 15) is 0 Å². The van der Waals surface area contributed by atoms with Crippen LogP contribution in [0.15, 0.2) is 35.7 Å². The third-order valence-electron chi connectivity index (χ3n) is 3.30. The molecule has 0 aliphatic heterocycles. The van der Waals surface area contributed by atoms with Gasteiger partial charge in [0.1, 0.15) is 11.6 Å². The molecule has 7 heteroatoms. The van der Waals surface area contributed by atoms with Gasteiger partial charge in [-0.25, -0.2) is 4.98 Å². The Morgan fingerprint density at radius 2 is 2.29 bits per heavy atom. The Morgan fingerprint density at radius 1 is 1.52 bits per heavy atom. The Hall–Kier alpha value is -2.70.